The van der Waals surface area contributed by atoms with E-state index in [4.69, 9.17) is 9.47 Å². The standard InChI is InChI=1S/C51H95NO9/c1-3-5-7-9-11-13-15-17-19-20-21-22-23-24-25-26-28-30-32-34-36-38-40-45(55)50(59)52-43(42-60-51-49(58)48(57)47(56)46(41-53)61-51)44(54)39-37-35-33-31-29-27-18-16-14-12-10-8-6-4-2/h24-25,29,31,37,39,43-49,51,53-58H,3-23,26-28,30,32-36,38,40-42H2,1-2H3,(H,52,59)/b25-24-,31-29+,39-37+. The molecular weight excluding hydrogens is 771 g/mol. The summed E-state index contributed by atoms with van der Waals surface area (Å²) in [7, 11) is 0. The van der Waals surface area contributed by atoms with Gasteiger partial charge in [-0.1, -0.05) is 198 Å². The van der Waals surface area contributed by atoms with Crippen molar-refractivity contribution in [3.05, 3.63) is 36.5 Å². The van der Waals surface area contributed by atoms with Gasteiger partial charge in [-0.15, -0.1) is 0 Å². The molecule has 1 aliphatic rings. The minimum Gasteiger partial charge on any atom is -0.394 e. The van der Waals surface area contributed by atoms with Crippen molar-refractivity contribution < 1.29 is 44.9 Å². The Kier molecular flexibility index (Phi) is 38.7. The van der Waals surface area contributed by atoms with Crippen LogP contribution in [0, 0.1) is 0 Å². The summed E-state index contributed by atoms with van der Waals surface area (Å²) in [5.74, 6) is -0.631. The molecule has 0 aliphatic carbocycles. The summed E-state index contributed by atoms with van der Waals surface area (Å²) < 4.78 is 11.1. The maximum Gasteiger partial charge on any atom is 0.249 e. The van der Waals surface area contributed by atoms with E-state index in [2.05, 4.69) is 43.5 Å². The molecule has 10 heteroatoms. The highest BCUT2D eigenvalue weighted by Crippen LogP contribution is 2.23. The Morgan fingerprint density at radius 1 is 0.557 bits per heavy atom. The van der Waals surface area contributed by atoms with E-state index < -0.39 is 61.5 Å². The molecule has 1 heterocycles. The second-order valence-electron chi connectivity index (χ2n) is 17.7. The number of carbonyl (C=O) groups is 1. The van der Waals surface area contributed by atoms with Gasteiger partial charge in [0.15, 0.2) is 6.29 Å². The van der Waals surface area contributed by atoms with Crippen molar-refractivity contribution in [1.82, 2.24) is 5.32 Å². The van der Waals surface area contributed by atoms with E-state index in [1.165, 1.54) is 148 Å². The minimum atomic E-state index is -1.62. The highest BCUT2D eigenvalue weighted by Gasteiger charge is 2.44. The fourth-order valence-electron chi connectivity index (χ4n) is 7.88. The van der Waals surface area contributed by atoms with Gasteiger partial charge in [0.25, 0.3) is 0 Å². The van der Waals surface area contributed by atoms with Crippen molar-refractivity contribution >= 4 is 5.91 Å². The molecule has 0 saturated carbocycles. The summed E-state index contributed by atoms with van der Waals surface area (Å²) in [6, 6.07) is -0.998. The van der Waals surface area contributed by atoms with Crippen LogP contribution in [0.5, 0.6) is 0 Å². The SMILES string of the molecule is CCCCCCCCCC/C=C/CC/C=C/C(O)C(COC1OC(CO)C(O)C(O)C1O)NC(=O)C(O)CCCCCCCC/C=C\CCCCCCCCCCCCCC. The van der Waals surface area contributed by atoms with Gasteiger partial charge >= 0.3 is 0 Å². The van der Waals surface area contributed by atoms with Crippen molar-refractivity contribution in [2.75, 3.05) is 13.2 Å². The summed E-state index contributed by atoms with van der Waals surface area (Å²) in [5.41, 5.74) is 0. The fraction of sp³-hybridized carbons (Fsp3) is 0.863. The molecule has 0 aromatic rings. The van der Waals surface area contributed by atoms with Crippen LogP contribution in [0.2, 0.25) is 0 Å². The third-order valence-corrected chi connectivity index (χ3v) is 12.0. The molecule has 10 nitrogen and oxygen atoms in total. The molecule has 8 atom stereocenters. The first-order chi connectivity index (χ1) is 29.8. The Bertz CT molecular complexity index is 1070. The molecule has 1 saturated heterocycles. The largest absolute Gasteiger partial charge is 0.394 e. The molecule has 1 fully saturated rings. The first-order valence-corrected chi connectivity index (χ1v) is 25.3. The van der Waals surface area contributed by atoms with Gasteiger partial charge in [0.1, 0.15) is 30.5 Å². The first kappa shape index (κ1) is 57.4. The van der Waals surface area contributed by atoms with Crippen molar-refractivity contribution in [2.24, 2.45) is 0 Å². The molecule has 0 aromatic heterocycles. The topological polar surface area (TPSA) is 169 Å². The third kappa shape index (κ3) is 31.0. The molecule has 61 heavy (non-hydrogen) atoms. The van der Waals surface area contributed by atoms with Crippen molar-refractivity contribution in [1.29, 1.82) is 0 Å². The Labute approximate surface area is 373 Å². The Morgan fingerprint density at radius 2 is 0.967 bits per heavy atom. The fourth-order valence-corrected chi connectivity index (χ4v) is 7.88. The Morgan fingerprint density at radius 3 is 1.43 bits per heavy atom. The van der Waals surface area contributed by atoms with E-state index in [0.29, 0.717) is 19.3 Å². The average Bonchev–Trinajstić information content (AvgIpc) is 3.26. The van der Waals surface area contributed by atoms with Gasteiger partial charge in [-0.05, 0) is 57.8 Å². The maximum absolute atomic E-state index is 13.1. The van der Waals surface area contributed by atoms with Gasteiger partial charge in [-0.3, -0.25) is 4.79 Å². The third-order valence-electron chi connectivity index (χ3n) is 12.0. The summed E-state index contributed by atoms with van der Waals surface area (Å²) in [6.45, 7) is 3.59. The number of unbranched alkanes of at least 4 members (excludes halogenated alkanes) is 27. The number of allylic oxidation sites excluding steroid dienone is 5. The number of rotatable bonds is 42. The van der Waals surface area contributed by atoms with E-state index in [9.17, 15) is 35.4 Å². The second kappa shape index (κ2) is 41.1. The normalized spacial score (nSPS) is 21.2. The quantitative estimate of drug-likeness (QED) is 0.0233. The van der Waals surface area contributed by atoms with Gasteiger partial charge in [-0.2, -0.15) is 0 Å². The number of nitrogens with one attached hydrogen (secondary N) is 1. The van der Waals surface area contributed by atoms with Crippen LogP contribution in [-0.2, 0) is 14.3 Å². The summed E-state index contributed by atoms with van der Waals surface area (Å²) in [5, 5.41) is 64.7. The lowest BCUT2D eigenvalue weighted by molar-refractivity contribution is -0.302. The van der Waals surface area contributed by atoms with Crippen LogP contribution in [0.15, 0.2) is 36.5 Å². The van der Waals surface area contributed by atoms with E-state index >= 15 is 0 Å². The Balaban J connectivity index is 2.35. The lowest BCUT2D eigenvalue weighted by Gasteiger charge is -2.40. The molecule has 0 bridgehead atoms. The number of amides is 1. The van der Waals surface area contributed by atoms with Gasteiger partial charge in [0, 0.05) is 0 Å². The van der Waals surface area contributed by atoms with Gasteiger partial charge in [0.2, 0.25) is 5.91 Å². The number of hydrogen-bond acceptors (Lipinski definition) is 9. The van der Waals surface area contributed by atoms with E-state index in [-0.39, 0.29) is 6.61 Å². The molecule has 1 aliphatic heterocycles. The smallest absolute Gasteiger partial charge is 0.249 e. The number of aliphatic hydroxyl groups excluding tert-OH is 6. The molecule has 1 amide bonds. The number of carbonyl (C=O) groups excluding carboxylic acids is 1. The van der Waals surface area contributed by atoms with Crippen LogP contribution in [0.1, 0.15) is 219 Å². The zero-order valence-corrected chi connectivity index (χ0v) is 39.0. The molecule has 0 aromatic carbocycles. The predicted molar refractivity (Wildman–Crippen MR) is 250 cm³/mol. The van der Waals surface area contributed by atoms with Crippen LogP contribution < -0.4 is 5.32 Å². The highest BCUT2D eigenvalue weighted by molar-refractivity contribution is 5.80. The zero-order chi connectivity index (χ0) is 44.6. The van der Waals surface area contributed by atoms with E-state index in [1.54, 1.807) is 6.08 Å². The van der Waals surface area contributed by atoms with Gasteiger partial charge in [0.05, 0.1) is 25.4 Å². The average molecular weight is 866 g/mol. The predicted octanol–water partition coefficient (Wildman–Crippen LogP) is 10.2. The monoisotopic (exact) mass is 866 g/mol. The lowest BCUT2D eigenvalue weighted by Crippen LogP contribution is -2.60. The van der Waals surface area contributed by atoms with Crippen LogP contribution in [-0.4, -0.2) is 98.7 Å². The molecule has 358 valence electrons. The molecule has 1 rings (SSSR count). The summed E-state index contributed by atoms with van der Waals surface area (Å²) in [4.78, 5) is 13.1. The lowest BCUT2D eigenvalue weighted by atomic mass is 9.99. The van der Waals surface area contributed by atoms with E-state index in [0.717, 1.165) is 38.5 Å². The van der Waals surface area contributed by atoms with E-state index in [1.807, 2.05) is 6.08 Å². The molecule has 8 unspecified atom stereocenters. The van der Waals surface area contributed by atoms with Crippen LogP contribution in [0.4, 0.5) is 0 Å². The number of aliphatic hydroxyl groups is 6. The van der Waals surface area contributed by atoms with Crippen LogP contribution in [0.3, 0.4) is 0 Å². The molecule has 0 radical (unpaired) electrons. The zero-order valence-electron chi connectivity index (χ0n) is 39.0. The van der Waals surface area contributed by atoms with Gasteiger partial charge in [-0.25, -0.2) is 0 Å². The first-order valence-electron chi connectivity index (χ1n) is 25.3. The molecular formula is C51H95NO9. The number of ether oxygens (including phenoxy) is 2. The number of hydrogen-bond donors (Lipinski definition) is 7. The van der Waals surface area contributed by atoms with Crippen molar-refractivity contribution in [3.8, 4) is 0 Å². The second-order valence-corrected chi connectivity index (χ2v) is 17.7. The molecule has 0 spiro atoms. The summed E-state index contributed by atoms with van der Waals surface area (Å²) in [6.07, 6.45) is 41.0. The maximum atomic E-state index is 13.1. The Hall–Kier alpha value is -1.63. The van der Waals surface area contributed by atoms with Crippen LogP contribution in [0.25, 0.3) is 0 Å². The minimum absolute atomic E-state index is 0.297. The van der Waals surface area contributed by atoms with Gasteiger partial charge < -0.3 is 45.4 Å². The highest BCUT2D eigenvalue weighted by atomic mass is 16.7. The summed E-state index contributed by atoms with van der Waals surface area (Å²) >= 11 is 0. The molecule has 7 N–H and O–H groups in total. The van der Waals surface area contributed by atoms with Crippen molar-refractivity contribution in [2.45, 2.75) is 268 Å². The van der Waals surface area contributed by atoms with Crippen LogP contribution >= 0.6 is 0 Å². The van der Waals surface area contributed by atoms with Crippen molar-refractivity contribution in [3.63, 3.8) is 0 Å².